The molecule has 1 spiro atoms. The molecule has 0 saturated carbocycles. The van der Waals surface area contributed by atoms with Crippen molar-refractivity contribution in [2.24, 2.45) is 5.41 Å². The first kappa shape index (κ1) is 28.1. The lowest BCUT2D eigenvalue weighted by Gasteiger charge is -2.40. The topological polar surface area (TPSA) is 112 Å². The third-order valence-corrected chi connectivity index (χ3v) is 8.94. The zero-order valence-corrected chi connectivity index (χ0v) is 24.3. The quantitative estimate of drug-likeness (QED) is 0.426. The van der Waals surface area contributed by atoms with Gasteiger partial charge in [0.05, 0.1) is 36.1 Å². The van der Waals surface area contributed by atoms with Crippen LogP contribution in [0.4, 0.5) is 15.8 Å². The number of fused-ring (bicyclic) bond motifs is 3. The first-order valence-corrected chi connectivity index (χ1v) is 14.0. The van der Waals surface area contributed by atoms with Crippen LogP contribution in [-0.2, 0) is 15.0 Å². The summed E-state index contributed by atoms with van der Waals surface area (Å²) in [5.41, 5.74) is 0.137. The van der Waals surface area contributed by atoms with E-state index in [4.69, 9.17) is 16.3 Å². The maximum absolute atomic E-state index is 16.0. The summed E-state index contributed by atoms with van der Waals surface area (Å²) in [6.07, 6.45) is 3.72. The van der Waals surface area contributed by atoms with Gasteiger partial charge in [-0.3, -0.25) is 24.4 Å². The van der Waals surface area contributed by atoms with E-state index in [0.717, 1.165) is 0 Å². The largest absolute Gasteiger partial charge is 0.495 e. The number of ether oxygens (including phenoxy) is 1. The summed E-state index contributed by atoms with van der Waals surface area (Å²) < 4.78 is 21.5. The standard InChI is InChI=1S/C31H30ClFN4O5/c1-30(2,3)13-23-31(18-14-34-11-10-20(18)35-29(31)41)24(17-6-5-7-19(32)25(17)33)26-27(38)36(15-37(23)26)21-9-8-16(28(39)40)12-22(21)42-4/h5-12,14,23-24,26H,13,15H2,1-4H3,(H,35,41)(H,39,40)/t23-,24-,26+,31?/m0/s1. The molecule has 11 heteroatoms. The maximum atomic E-state index is 16.0. The van der Waals surface area contributed by atoms with Gasteiger partial charge in [-0.05, 0) is 47.7 Å². The lowest BCUT2D eigenvalue weighted by Crippen LogP contribution is -2.52. The molecule has 2 saturated heterocycles. The molecule has 3 aliphatic rings. The number of anilines is 2. The van der Waals surface area contributed by atoms with E-state index in [1.54, 1.807) is 30.6 Å². The highest BCUT2D eigenvalue weighted by Crippen LogP contribution is 2.61. The molecule has 218 valence electrons. The molecule has 6 rings (SSSR count). The van der Waals surface area contributed by atoms with Crippen molar-refractivity contribution in [1.82, 2.24) is 9.88 Å². The van der Waals surface area contributed by atoms with Crippen LogP contribution in [0.1, 0.15) is 54.6 Å². The molecule has 2 amide bonds. The molecule has 3 aliphatic heterocycles. The number of nitrogens with zero attached hydrogens (tertiary/aromatic N) is 3. The Labute approximate surface area is 247 Å². The molecule has 1 unspecified atom stereocenters. The fourth-order valence-corrected chi connectivity index (χ4v) is 7.23. The Balaban J connectivity index is 1.59. The van der Waals surface area contributed by atoms with Crippen LogP contribution in [0.25, 0.3) is 0 Å². The maximum Gasteiger partial charge on any atom is 0.335 e. The molecule has 4 heterocycles. The van der Waals surface area contributed by atoms with Crippen molar-refractivity contribution >= 4 is 40.8 Å². The predicted octanol–water partition coefficient (Wildman–Crippen LogP) is 5.05. The van der Waals surface area contributed by atoms with Gasteiger partial charge in [-0.2, -0.15) is 0 Å². The van der Waals surface area contributed by atoms with Crippen molar-refractivity contribution in [3.63, 3.8) is 0 Å². The van der Waals surface area contributed by atoms with Gasteiger partial charge in [0.15, 0.2) is 0 Å². The van der Waals surface area contributed by atoms with Crippen molar-refractivity contribution in [2.75, 3.05) is 24.0 Å². The van der Waals surface area contributed by atoms with E-state index >= 15 is 4.39 Å². The van der Waals surface area contributed by atoms with E-state index in [1.807, 2.05) is 4.90 Å². The van der Waals surface area contributed by atoms with Gasteiger partial charge in [0.1, 0.15) is 17.0 Å². The van der Waals surface area contributed by atoms with Crippen LogP contribution in [0.5, 0.6) is 5.75 Å². The van der Waals surface area contributed by atoms with Crippen LogP contribution < -0.4 is 15.0 Å². The summed E-state index contributed by atoms with van der Waals surface area (Å²) in [5, 5.41) is 12.4. The molecule has 0 bridgehead atoms. The first-order chi connectivity index (χ1) is 19.9. The van der Waals surface area contributed by atoms with Crippen LogP contribution in [-0.4, -0.2) is 58.6 Å². The number of carbonyl (C=O) groups is 3. The number of carbonyl (C=O) groups excluding carboxylic acids is 2. The minimum absolute atomic E-state index is 0.0120. The minimum Gasteiger partial charge on any atom is -0.495 e. The Bertz CT molecular complexity index is 1640. The Morgan fingerprint density at radius 2 is 2.00 bits per heavy atom. The Hall–Kier alpha value is -4.02. The number of aromatic carboxylic acids is 1. The summed E-state index contributed by atoms with van der Waals surface area (Å²) in [7, 11) is 1.40. The monoisotopic (exact) mass is 592 g/mol. The molecule has 2 fully saturated rings. The summed E-state index contributed by atoms with van der Waals surface area (Å²) in [4.78, 5) is 48.3. The molecule has 0 aliphatic carbocycles. The fourth-order valence-electron chi connectivity index (χ4n) is 7.05. The van der Waals surface area contributed by atoms with Crippen molar-refractivity contribution in [3.8, 4) is 5.75 Å². The van der Waals surface area contributed by atoms with E-state index in [-0.39, 0.29) is 45.8 Å². The summed E-state index contributed by atoms with van der Waals surface area (Å²) in [6, 6.07) is 9.20. The van der Waals surface area contributed by atoms with E-state index < -0.39 is 35.2 Å². The van der Waals surface area contributed by atoms with Crippen molar-refractivity contribution < 1.29 is 28.6 Å². The van der Waals surface area contributed by atoms with Crippen molar-refractivity contribution in [3.05, 3.63) is 82.4 Å². The third-order valence-electron chi connectivity index (χ3n) is 8.64. The predicted molar refractivity (Wildman–Crippen MR) is 154 cm³/mol. The highest BCUT2D eigenvalue weighted by atomic mass is 35.5. The number of amides is 2. The fraction of sp³-hybridized carbons (Fsp3) is 0.355. The number of nitrogens with one attached hydrogen (secondary N) is 1. The van der Waals surface area contributed by atoms with Crippen LogP contribution in [0, 0.1) is 11.2 Å². The van der Waals surface area contributed by atoms with E-state index in [2.05, 4.69) is 31.1 Å². The highest BCUT2D eigenvalue weighted by Gasteiger charge is 2.71. The van der Waals surface area contributed by atoms with Gasteiger partial charge in [-0.25, -0.2) is 9.18 Å². The average Bonchev–Trinajstić information content (AvgIpc) is 3.52. The molecular weight excluding hydrogens is 563 g/mol. The highest BCUT2D eigenvalue weighted by molar-refractivity contribution is 6.30. The number of aromatic nitrogens is 1. The number of hydrogen-bond donors (Lipinski definition) is 2. The van der Waals surface area contributed by atoms with Gasteiger partial charge in [0, 0.05) is 35.6 Å². The van der Waals surface area contributed by atoms with Crippen molar-refractivity contribution in [1.29, 1.82) is 0 Å². The summed E-state index contributed by atoms with van der Waals surface area (Å²) in [6.45, 7) is 6.26. The number of pyridine rings is 1. The number of carboxylic acid groups (broad SMARTS) is 1. The zero-order chi connectivity index (χ0) is 30.1. The van der Waals surface area contributed by atoms with Crippen LogP contribution in [0.2, 0.25) is 5.02 Å². The third kappa shape index (κ3) is 3.99. The summed E-state index contributed by atoms with van der Waals surface area (Å²) in [5.74, 6) is -3.22. The number of carboxylic acids is 1. The molecular formula is C31H30ClFN4O5. The molecule has 3 aromatic rings. The molecule has 4 atom stereocenters. The van der Waals surface area contributed by atoms with Gasteiger partial charge < -0.3 is 15.2 Å². The lowest BCUT2D eigenvalue weighted by atomic mass is 9.62. The molecule has 0 radical (unpaired) electrons. The van der Waals surface area contributed by atoms with Crippen LogP contribution in [0.15, 0.2) is 54.9 Å². The molecule has 2 aromatic carbocycles. The first-order valence-electron chi connectivity index (χ1n) is 13.6. The Morgan fingerprint density at radius 3 is 2.69 bits per heavy atom. The SMILES string of the molecule is COc1cc(C(=O)O)ccc1N1CN2[C@@H](CC(C)(C)C)C3(C(=O)Nc4ccncc43)[C@@H](c3cccc(Cl)c3F)[C@@H]2C1=O. The van der Waals surface area contributed by atoms with E-state index in [1.165, 1.54) is 36.3 Å². The number of rotatable bonds is 5. The molecule has 2 N–H and O–H groups in total. The van der Waals surface area contributed by atoms with Gasteiger partial charge in [0.25, 0.3) is 0 Å². The number of hydrogen-bond acceptors (Lipinski definition) is 6. The summed E-state index contributed by atoms with van der Waals surface area (Å²) >= 11 is 6.29. The number of benzene rings is 2. The molecule has 1 aromatic heterocycles. The second-order valence-corrected chi connectivity index (χ2v) is 12.6. The average molecular weight is 593 g/mol. The smallest absolute Gasteiger partial charge is 0.335 e. The lowest BCUT2D eigenvalue weighted by molar-refractivity contribution is -0.122. The number of halogens is 2. The Morgan fingerprint density at radius 1 is 1.24 bits per heavy atom. The van der Waals surface area contributed by atoms with E-state index in [9.17, 15) is 19.5 Å². The Kier molecular flexibility index (Phi) is 6.54. The van der Waals surface area contributed by atoms with Gasteiger partial charge in [-0.15, -0.1) is 0 Å². The molecule has 42 heavy (non-hydrogen) atoms. The zero-order valence-electron chi connectivity index (χ0n) is 23.5. The van der Waals surface area contributed by atoms with Gasteiger partial charge >= 0.3 is 5.97 Å². The van der Waals surface area contributed by atoms with Crippen LogP contribution in [0.3, 0.4) is 0 Å². The molecule has 9 nitrogen and oxygen atoms in total. The van der Waals surface area contributed by atoms with Gasteiger partial charge in [0.2, 0.25) is 11.8 Å². The minimum atomic E-state index is -1.34. The number of methoxy groups -OCH3 is 1. The normalized spacial score (nSPS) is 25.1. The van der Waals surface area contributed by atoms with Crippen molar-refractivity contribution in [2.45, 2.75) is 50.6 Å². The van der Waals surface area contributed by atoms with Crippen LogP contribution >= 0.6 is 11.6 Å². The van der Waals surface area contributed by atoms with Gasteiger partial charge in [-0.1, -0.05) is 44.5 Å². The second-order valence-electron chi connectivity index (χ2n) is 12.2. The van der Waals surface area contributed by atoms with E-state index in [0.29, 0.717) is 23.4 Å². The second kappa shape index (κ2) is 9.78.